The lowest BCUT2D eigenvalue weighted by molar-refractivity contribution is -0.152. The summed E-state index contributed by atoms with van der Waals surface area (Å²) in [5, 5.41) is 11.8. The van der Waals surface area contributed by atoms with Gasteiger partial charge >= 0.3 is 5.97 Å². The van der Waals surface area contributed by atoms with Gasteiger partial charge in [-0.3, -0.25) is 4.79 Å². The summed E-state index contributed by atoms with van der Waals surface area (Å²) in [7, 11) is 0. The van der Waals surface area contributed by atoms with E-state index in [0.29, 0.717) is 13.2 Å². The first-order valence-electron chi connectivity index (χ1n) is 4.77. The predicted molar refractivity (Wildman–Crippen MR) is 50.3 cm³/mol. The van der Waals surface area contributed by atoms with E-state index in [4.69, 9.17) is 14.6 Å². The summed E-state index contributed by atoms with van der Waals surface area (Å²) in [5.74, 6) is -0.876. The first kappa shape index (κ1) is 11.4. The molecular weight excluding hydrogens is 186 g/mol. The van der Waals surface area contributed by atoms with Crippen LogP contribution in [0.4, 0.5) is 0 Å². The van der Waals surface area contributed by atoms with E-state index in [9.17, 15) is 4.79 Å². The fourth-order valence-electron chi connectivity index (χ4n) is 1.14. The quantitative estimate of drug-likeness (QED) is 0.628. The van der Waals surface area contributed by atoms with E-state index in [1.807, 2.05) is 13.8 Å². The van der Waals surface area contributed by atoms with Crippen LogP contribution in [0.3, 0.4) is 0 Å². The number of ether oxygens (including phenoxy) is 2. The second kappa shape index (κ2) is 5.29. The largest absolute Gasteiger partial charge is 0.480 e. The number of aliphatic carboxylic acids is 1. The third-order valence-electron chi connectivity index (χ3n) is 1.94. The summed E-state index contributed by atoms with van der Waals surface area (Å²) in [6.45, 7) is 5.16. The Hall–Kier alpha value is -0.650. The summed E-state index contributed by atoms with van der Waals surface area (Å²) in [6, 6.07) is -0.493. The minimum Gasteiger partial charge on any atom is -0.480 e. The number of hydrogen-bond donors (Lipinski definition) is 2. The molecule has 0 aliphatic carbocycles. The molecule has 1 saturated heterocycles. The molecule has 0 saturated carbocycles. The Balaban J connectivity index is 2.23. The van der Waals surface area contributed by atoms with E-state index in [2.05, 4.69) is 5.32 Å². The molecule has 0 radical (unpaired) electrons. The summed E-state index contributed by atoms with van der Waals surface area (Å²) in [6.07, 6.45) is 0.0748. The highest BCUT2D eigenvalue weighted by atomic mass is 16.6. The summed E-state index contributed by atoms with van der Waals surface area (Å²) >= 11 is 0. The number of carboxylic acids is 1. The topological polar surface area (TPSA) is 67.8 Å². The zero-order chi connectivity index (χ0) is 10.6. The fourth-order valence-corrected chi connectivity index (χ4v) is 1.14. The number of rotatable bonds is 6. The highest BCUT2D eigenvalue weighted by molar-refractivity contribution is 5.73. The van der Waals surface area contributed by atoms with Crippen molar-refractivity contribution in [1.29, 1.82) is 0 Å². The van der Waals surface area contributed by atoms with E-state index in [1.54, 1.807) is 0 Å². The molecule has 0 aromatic carbocycles. The number of nitrogens with one attached hydrogen (secondary N) is 1. The number of carboxylic acid groups (broad SMARTS) is 1. The first-order chi connectivity index (χ1) is 6.59. The second-order valence-corrected chi connectivity index (χ2v) is 3.70. The van der Waals surface area contributed by atoms with Crippen molar-refractivity contribution in [3.8, 4) is 0 Å². The first-order valence-corrected chi connectivity index (χ1v) is 4.77. The Morgan fingerprint density at radius 2 is 2.29 bits per heavy atom. The van der Waals surface area contributed by atoms with Crippen LogP contribution < -0.4 is 5.32 Å². The molecule has 14 heavy (non-hydrogen) atoms. The molecule has 5 heteroatoms. The molecule has 1 aliphatic rings. The lowest BCUT2D eigenvalue weighted by atomic mass is 10.2. The predicted octanol–water partition coefficient (Wildman–Crippen LogP) is -0.147. The average molecular weight is 203 g/mol. The van der Waals surface area contributed by atoms with E-state index < -0.39 is 12.0 Å². The van der Waals surface area contributed by atoms with Crippen molar-refractivity contribution in [3.63, 3.8) is 0 Å². The molecule has 1 atom stereocenters. The molecule has 0 aromatic rings. The number of hydrogen-bond acceptors (Lipinski definition) is 4. The van der Waals surface area contributed by atoms with Gasteiger partial charge in [0.2, 0.25) is 0 Å². The van der Waals surface area contributed by atoms with Gasteiger partial charge in [0.25, 0.3) is 0 Å². The van der Waals surface area contributed by atoms with Crippen LogP contribution in [-0.2, 0) is 14.3 Å². The standard InChI is InChI=1S/C9H17NO4/c1-6(2)10-8(9(11)12)5-14-7-3-13-4-7/h6-8,10H,3-5H2,1-2H3,(H,11,12). The zero-order valence-corrected chi connectivity index (χ0v) is 8.53. The van der Waals surface area contributed by atoms with Crippen LogP contribution in [0.15, 0.2) is 0 Å². The van der Waals surface area contributed by atoms with Crippen LogP contribution in [0.5, 0.6) is 0 Å². The van der Waals surface area contributed by atoms with Gasteiger partial charge in [0.15, 0.2) is 0 Å². The summed E-state index contributed by atoms with van der Waals surface area (Å²) < 4.78 is 10.2. The minimum absolute atomic E-state index is 0.0748. The maximum absolute atomic E-state index is 10.8. The SMILES string of the molecule is CC(C)NC(COC1COC1)C(=O)O. The van der Waals surface area contributed by atoms with Gasteiger partial charge in [0, 0.05) is 6.04 Å². The van der Waals surface area contributed by atoms with Crippen molar-refractivity contribution < 1.29 is 19.4 Å². The smallest absolute Gasteiger partial charge is 0.323 e. The van der Waals surface area contributed by atoms with Crippen LogP contribution in [0.2, 0.25) is 0 Å². The van der Waals surface area contributed by atoms with Gasteiger partial charge in [-0.05, 0) is 0 Å². The number of carbonyl (C=O) groups is 1. The van der Waals surface area contributed by atoms with Gasteiger partial charge in [-0.2, -0.15) is 0 Å². The van der Waals surface area contributed by atoms with Crippen LogP contribution in [0.1, 0.15) is 13.8 Å². The molecular formula is C9H17NO4. The van der Waals surface area contributed by atoms with E-state index in [1.165, 1.54) is 0 Å². The molecule has 82 valence electrons. The minimum atomic E-state index is -0.876. The Labute approximate surface area is 83.4 Å². The fraction of sp³-hybridized carbons (Fsp3) is 0.889. The highest BCUT2D eigenvalue weighted by Gasteiger charge is 2.24. The van der Waals surface area contributed by atoms with Crippen LogP contribution in [-0.4, -0.2) is 49.1 Å². The van der Waals surface area contributed by atoms with Gasteiger partial charge in [0.1, 0.15) is 12.1 Å². The molecule has 1 aliphatic heterocycles. The van der Waals surface area contributed by atoms with Crippen LogP contribution in [0.25, 0.3) is 0 Å². The Kier molecular flexibility index (Phi) is 4.31. The van der Waals surface area contributed by atoms with Crippen molar-refractivity contribution in [2.24, 2.45) is 0 Å². The molecule has 5 nitrogen and oxygen atoms in total. The summed E-state index contributed by atoms with van der Waals surface area (Å²) in [4.78, 5) is 10.8. The van der Waals surface area contributed by atoms with Gasteiger partial charge in [-0.15, -0.1) is 0 Å². The molecule has 1 unspecified atom stereocenters. The Morgan fingerprint density at radius 1 is 1.64 bits per heavy atom. The van der Waals surface area contributed by atoms with Crippen molar-refractivity contribution in [1.82, 2.24) is 5.32 Å². The molecule has 0 spiro atoms. The zero-order valence-electron chi connectivity index (χ0n) is 8.53. The maximum atomic E-state index is 10.8. The van der Waals surface area contributed by atoms with Gasteiger partial charge in [-0.25, -0.2) is 0 Å². The van der Waals surface area contributed by atoms with Crippen molar-refractivity contribution in [2.45, 2.75) is 32.0 Å². The Morgan fingerprint density at radius 3 is 2.64 bits per heavy atom. The Bertz CT molecular complexity index is 191. The normalized spacial score (nSPS) is 19.4. The monoisotopic (exact) mass is 203 g/mol. The van der Waals surface area contributed by atoms with Gasteiger partial charge in [0.05, 0.1) is 19.8 Å². The van der Waals surface area contributed by atoms with Crippen molar-refractivity contribution >= 4 is 5.97 Å². The second-order valence-electron chi connectivity index (χ2n) is 3.70. The van der Waals surface area contributed by atoms with Gasteiger partial charge in [-0.1, -0.05) is 13.8 Å². The maximum Gasteiger partial charge on any atom is 0.323 e. The molecule has 0 amide bonds. The van der Waals surface area contributed by atoms with Crippen molar-refractivity contribution in [2.75, 3.05) is 19.8 Å². The molecule has 1 heterocycles. The van der Waals surface area contributed by atoms with E-state index >= 15 is 0 Å². The lowest BCUT2D eigenvalue weighted by Crippen LogP contribution is -2.47. The van der Waals surface area contributed by atoms with Crippen LogP contribution in [0, 0.1) is 0 Å². The summed E-state index contributed by atoms with van der Waals surface area (Å²) in [5.41, 5.74) is 0. The highest BCUT2D eigenvalue weighted by Crippen LogP contribution is 2.05. The lowest BCUT2D eigenvalue weighted by Gasteiger charge is -2.28. The van der Waals surface area contributed by atoms with Crippen LogP contribution >= 0.6 is 0 Å². The van der Waals surface area contributed by atoms with E-state index in [0.717, 1.165) is 0 Å². The molecule has 2 N–H and O–H groups in total. The molecule has 0 bridgehead atoms. The molecule has 1 fully saturated rings. The third kappa shape index (κ3) is 3.61. The van der Waals surface area contributed by atoms with Crippen molar-refractivity contribution in [3.05, 3.63) is 0 Å². The third-order valence-corrected chi connectivity index (χ3v) is 1.94. The molecule has 0 aromatic heterocycles. The average Bonchev–Trinajstić information content (AvgIpc) is 1.98. The van der Waals surface area contributed by atoms with E-state index in [-0.39, 0.29) is 18.8 Å². The molecule has 1 rings (SSSR count). The van der Waals surface area contributed by atoms with Gasteiger partial charge < -0.3 is 19.9 Å².